The average molecular weight is 551 g/mol. The van der Waals surface area contributed by atoms with Crippen molar-refractivity contribution in [3.8, 4) is 0 Å². The Morgan fingerprint density at radius 1 is 0.973 bits per heavy atom. The van der Waals surface area contributed by atoms with Crippen molar-refractivity contribution in [3.63, 3.8) is 0 Å². The number of pyridine rings is 1. The monoisotopic (exact) mass is 550 g/mol. The zero-order chi connectivity index (χ0) is 26.2. The van der Waals surface area contributed by atoms with E-state index in [1.165, 1.54) is 22.1 Å². The number of aromatic nitrogens is 1. The average Bonchev–Trinajstić information content (AvgIpc) is 3.27. The number of carbonyl (C=O) groups excluding carboxylic acids is 1. The first-order valence-corrected chi connectivity index (χ1v) is 14.3. The number of carbonyl (C=O) groups is 1. The number of alkyl halides is 3. The molecule has 1 unspecified atom stereocenters. The molecule has 1 atom stereocenters. The maximum absolute atomic E-state index is 13.3. The van der Waals surface area contributed by atoms with Crippen molar-refractivity contribution in [1.82, 2.24) is 19.1 Å². The lowest BCUT2D eigenvalue weighted by Crippen LogP contribution is -2.50. The van der Waals surface area contributed by atoms with Crippen molar-refractivity contribution in [3.05, 3.63) is 71.9 Å². The number of hydrogen-bond donors (Lipinski definition) is 0. The third-order valence-corrected chi connectivity index (χ3v) is 9.86. The topological polar surface area (TPSA) is 73.8 Å². The zero-order valence-electron chi connectivity index (χ0n) is 19.8. The fraction of sp³-hybridized carbons (Fsp3) is 0.360. The second-order valence-electron chi connectivity index (χ2n) is 8.95. The molecule has 196 valence electrons. The molecule has 0 bridgehead atoms. The van der Waals surface area contributed by atoms with Crippen molar-refractivity contribution in [2.45, 2.75) is 16.4 Å². The Labute approximate surface area is 217 Å². The van der Waals surface area contributed by atoms with Crippen LogP contribution >= 0.6 is 11.8 Å². The van der Waals surface area contributed by atoms with Gasteiger partial charge >= 0.3 is 6.18 Å². The van der Waals surface area contributed by atoms with Gasteiger partial charge in [0, 0.05) is 50.9 Å². The number of piperazine rings is 1. The van der Waals surface area contributed by atoms with E-state index in [4.69, 9.17) is 0 Å². The van der Waals surface area contributed by atoms with Crippen LogP contribution < -0.4 is 0 Å². The first kappa shape index (κ1) is 26.0. The van der Waals surface area contributed by atoms with Crippen LogP contribution in [0.15, 0.2) is 65.7 Å². The van der Waals surface area contributed by atoms with E-state index in [1.807, 2.05) is 12.1 Å². The standard InChI is InChI=1S/C25H25F3N4O3S2/c26-25(27,28)20-7-1-5-19(16-20)24-32(22(33)17-36-24)15-12-30-10-13-31(14-11-30)37(34,35)21-8-2-4-18-6-3-9-29-23(18)21/h1-9,16,24H,10-15,17H2. The minimum atomic E-state index is -4.45. The molecule has 7 nitrogen and oxygen atoms in total. The Kier molecular flexibility index (Phi) is 7.18. The lowest BCUT2D eigenvalue weighted by molar-refractivity contribution is -0.137. The van der Waals surface area contributed by atoms with E-state index in [-0.39, 0.29) is 16.6 Å². The molecule has 2 aliphatic heterocycles. The van der Waals surface area contributed by atoms with Crippen LogP contribution in [0.2, 0.25) is 0 Å². The lowest BCUT2D eigenvalue weighted by atomic mass is 10.1. The molecule has 3 heterocycles. The second kappa shape index (κ2) is 10.2. The summed E-state index contributed by atoms with van der Waals surface area (Å²) in [5.41, 5.74) is 0.159. The number of halogens is 3. The van der Waals surface area contributed by atoms with Crippen molar-refractivity contribution >= 4 is 38.6 Å². The third kappa shape index (κ3) is 5.33. The van der Waals surface area contributed by atoms with Crippen molar-refractivity contribution < 1.29 is 26.4 Å². The van der Waals surface area contributed by atoms with E-state index in [9.17, 15) is 26.4 Å². The molecule has 1 amide bonds. The molecule has 2 aliphatic rings. The van der Waals surface area contributed by atoms with Gasteiger partial charge in [-0.3, -0.25) is 14.7 Å². The number of para-hydroxylation sites is 1. The zero-order valence-corrected chi connectivity index (χ0v) is 21.4. The molecule has 0 aliphatic carbocycles. The molecule has 2 saturated heterocycles. The molecule has 1 aromatic heterocycles. The normalized spacial score (nSPS) is 20.1. The minimum Gasteiger partial charge on any atom is -0.325 e. The van der Waals surface area contributed by atoms with E-state index in [1.54, 1.807) is 35.4 Å². The molecule has 3 aromatic rings. The van der Waals surface area contributed by atoms with Crippen LogP contribution in [0.4, 0.5) is 13.2 Å². The van der Waals surface area contributed by atoms with Gasteiger partial charge in [-0.15, -0.1) is 11.8 Å². The van der Waals surface area contributed by atoms with Gasteiger partial charge in [0.2, 0.25) is 15.9 Å². The second-order valence-corrected chi connectivity index (χ2v) is 11.9. The van der Waals surface area contributed by atoms with Gasteiger partial charge in [0.25, 0.3) is 0 Å². The molecule has 0 radical (unpaired) electrons. The Balaban J connectivity index is 1.22. The van der Waals surface area contributed by atoms with Crippen LogP contribution in [-0.4, -0.2) is 78.4 Å². The van der Waals surface area contributed by atoms with E-state index in [2.05, 4.69) is 9.88 Å². The smallest absolute Gasteiger partial charge is 0.325 e. The molecule has 0 N–H and O–H groups in total. The molecule has 37 heavy (non-hydrogen) atoms. The highest BCUT2D eigenvalue weighted by Gasteiger charge is 2.36. The van der Waals surface area contributed by atoms with Crippen LogP contribution in [0, 0.1) is 0 Å². The molecule has 0 saturated carbocycles. The Hall–Kier alpha value is -2.67. The van der Waals surface area contributed by atoms with Gasteiger partial charge in [-0.1, -0.05) is 30.3 Å². The van der Waals surface area contributed by atoms with Gasteiger partial charge < -0.3 is 4.90 Å². The summed E-state index contributed by atoms with van der Waals surface area (Å²) in [4.78, 5) is 20.7. The van der Waals surface area contributed by atoms with Crippen LogP contribution in [0.25, 0.3) is 10.9 Å². The highest BCUT2D eigenvalue weighted by molar-refractivity contribution is 8.00. The number of hydrogen-bond acceptors (Lipinski definition) is 6. The number of rotatable bonds is 6. The summed E-state index contributed by atoms with van der Waals surface area (Å²) in [6.45, 7) is 2.43. The summed E-state index contributed by atoms with van der Waals surface area (Å²) in [6, 6.07) is 13.8. The van der Waals surface area contributed by atoms with E-state index in [0.29, 0.717) is 50.3 Å². The molecule has 2 aromatic carbocycles. The number of benzene rings is 2. The number of nitrogens with zero attached hydrogens (tertiary/aromatic N) is 4. The maximum Gasteiger partial charge on any atom is 0.416 e. The Bertz CT molecular complexity index is 1400. The summed E-state index contributed by atoms with van der Waals surface area (Å²) in [5.74, 6) is 0.100. The van der Waals surface area contributed by atoms with Crippen LogP contribution in [0.1, 0.15) is 16.5 Å². The molecule has 5 rings (SSSR count). The fourth-order valence-corrected chi connectivity index (χ4v) is 7.50. The third-order valence-electron chi connectivity index (χ3n) is 6.67. The number of fused-ring (bicyclic) bond motifs is 1. The van der Waals surface area contributed by atoms with E-state index < -0.39 is 27.1 Å². The van der Waals surface area contributed by atoms with Crippen LogP contribution in [0.5, 0.6) is 0 Å². The summed E-state index contributed by atoms with van der Waals surface area (Å²) in [5, 5.41) is 0.279. The van der Waals surface area contributed by atoms with Crippen molar-refractivity contribution in [1.29, 1.82) is 0 Å². The van der Waals surface area contributed by atoms with Gasteiger partial charge in [0.15, 0.2) is 0 Å². The van der Waals surface area contributed by atoms with Gasteiger partial charge in [-0.2, -0.15) is 17.5 Å². The lowest BCUT2D eigenvalue weighted by Gasteiger charge is -2.35. The van der Waals surface area contributed by atoms with Crippen molar-refractivity contribution in [2.75, 3.05) is 45.0 Å². The number of sulfonamides is 1. The fourth-order valence-electron chi connectivity index (χ4n) is 4.71. The van der Waals surface area contributed by atoms with E-state index >= 15 is 0 Å². The summed E-state index contributed by atoms with van der Waals surface area (Å²) < 4.78 is 67.7. The first-order chi connectivity index (χ1) is 17.6. The van der Waals surface area contributed by atoms with Crippen LogP contribution in [0.3, 0.4) is 0 Å². The van der Waals surface area contributed by atoms with Crippen LogP contribution in [-0.2, 0) is 21.0 Å². The van der Waals surface area contributed by atoms with E-state index in [0.717, 1.165) is 17.5 Å². The number of thioether (sulfide) groups is 1. The summed E-state index contributed by atoms with van der Waals surface area (Å²) >= 11 is 1.32. The van der Waals surface area contributed by atoms with Gasteiger partial charge in [-0.25, -0.2) is 8.42 Å². The summed E-state index contributed by atoms with van der Waals surface area (Å²) in [6.07, 6.45) is -2.87. The van der Waals surface area contributed by atoms with Gasteiger partial charge in [0.05, 0.1) is 16.8 Å². The van der Waals surface area contributed by atoms with Gasteiger partial charge in [-0.05, 0) is 29.8 Å². The van der Waals surface area contributed by atoms with Gasteiger partial charge in [0.1, 0.15) is 10.3 Å². The quantitative estimate of drug-likeness (QED) is 0.465. The maximum atomic E-state index is 13.3. The predicted octanol–water partition coefficient (Wildman–Crippen LogP) is 3.83. The molecule has 12 heteroatoms. The molecule has 0 spiro atoms. The Morgan fingerprint density at radius 3 is 2.46 bits per heavy atom. The molecular formula is C25H25F3N4O3S2. The first-order valence-electron chi connectivity index (χ1n) is 11.8. The van der Waals surface area contributed by atoms with Crippen molar-refractivity contribution in [2.24, 2.45) is 0 Å². The minimum absolute atomic E-state index is 0.114. The molecular weight excluding hydrogens is 525 g/mol. The summed E-state index contributed by atoms with van der Waals surface area (Å²) in [7, 11) is -3.73. The molecule has 2 fully saturated rings. The SMILES string of the molecule is O=C1CSC(c2cccc(C(F)(F)F)c2)N1CCN1CCN(S(=O)(=O)c2cccc3cccnc23)CC1. The highest BCUT2D eigenvalue weighted by atomic mass is 32.2. The Morgan fingerprint density at radius 2 is 1.70 bits per heavy atom. The predicted molar refractivity (Wildman–Crippen MR) is 135 cm³/mol. The largest absolute Gasteiger partial charge is 0.416 e. The number of amides is 1. The highest BCUT2D eigenvalue weighted by Crippen LogP contribution is 2.40.